The third kappa shape index (κ3) is 12.1. The van der Waals surface area contributed by atoms with Crippen LogP contribution in [0.1, 0.15) is 36.1 Å². The van der Waals surface area contributed by atoms with E-state index in [1.54, 1.807) is 24.3 Å². The van der Waals surface area contributed by atoms with Gasteiger partial charge in [0.1, 0.15) is 49.7 Å². The van der Waals surface area contributed by atoms with Crippen LogP contribution < -0.4 is 9.80 Å². The Balaban J connectivity index is 1.36. The summed E-state index contributed by atoms with van der Waals surface area (Å²) in [6.07, 6.45) is 4.89. The van der Waals surface area contributed by atoms with E-state index >= 15 is 0 Å². The highest BCUT2D eigenvalue weighted by Crippen LogP contribution is 2.35. The van der Waals surface area contributed by atoms with Crippen LogP contribution in [0.3, 0.4) is 0 Å². The maximum absolute atomic E-state index is 12.3. The van der Waals surface area contributed by atoms with Gasteiger partial charge in [0.15, 0.2) is 0 Å². The van der Waals surface area contributed by atoms with Crippen LogP contribution in [-0.2, 0) is 43.5 Å². The predicted octanol–water partition coefficient (Wildman–Crippen LogP) is 7.91. The molecule has 0 bridgehead atoms. The van der Waals surface area contributed by atoms with Crippen molar-refractivity contribution in [2.45, 2.75) is 19.3 Å². The maximum atomic E-state index is 12.3. The minimum atomic E-state index is -0.813. The Hall–Kier alpha value is -7.70. The van der Waals surface area contributed by atoms with Crippen molar-refractivity contribution >= 4 is 58.8 Å². The van der Waals surface area contributed by atoms with Crippen molar-refractivity contribution in [1.29, 1.82) is 10.5 Å². The van der Waals surface area contributed by atoms with Gasteiger partial charge in [0, 0.05) is 54.4 Å². The zero-order valence-corrected chi connectivity index (χ0v) is 33.3. The van der Waals surface area contributed by atoms with Crippen molar-refractivity contribution in [2.75, 3.05) is 50.3 Å². The Morgan fingerprint density at radius 2 is 0.831 bits per heavy atom. The Labute approximate surface area is 344 Å². The molecule has 0 radical (unpaired) electrons. The van der Waals surface area contributed by atoms with E-state index in [9.17, 15) is 29.7 Å². The number of benzene rings is 4. The molecular formula is C47H44N4O8. The summed E-state index contributed by atoms with van der Waals surface area (Å²) in [6, 6.07) is 35.2. The van der Waals surface area contributed by atoms with Gasteiger partial charge in [-0.2, -0.15) is 10.5 Å². The van der Waals surface area contributed by atoms with E-state index < -0.39 is 23.9 Å². The summed E-state index contributed by atoms with van der Waals surface area (Å²) < 4.78 is 19.6. The van der Waals surface area contributed by atoms with Gasteiger partial charge < -0.3 is 28.7 Å². The molecule has 59 heavy (non-hydrogen) atoms. The minimum Gasteiger partial charge on any atom is -0.459 e. The molecule has 0 aliphatic carbocycles. The molecule has 0 heterocycles. The fraction of sp³-hybridized carbons (Fsp3) is 0.191. The Kier molecular flexibility index (Phi) is 15.7. The lowest BCUT2D eigenvalue weighted by Gasteiger charge is -2.28. The van der Waals surface area contributed by atoms with Crippen LogP contribution in [-0.4, -0.2) is 64.4 Å². The number of hydrogen-bond acceptors (Lipinski definition) is 12. The first-order chi connectivity index (χ1) is 28.3. The third-order valence-electron chi connectivity index (χ3n) is 9.27. The van der Waals surface area contributed by atoms with Gasteiger partial charge in [-0.1, -0.05) is 75.5 Å². The summed E-state index contributed by atoms with van der Waals surface area (Å²) in [4.78, 5) is 51.0. The number of carbonyl (C=O) groups excluding carboxylic acids is 4. The largest absolute Gasteiger partial charge is 0.459 e. The van der Waals surface area contributed by atoms with Gasteiger partial charge >= 0.3 is 23.9 Å². The van der Waals surface area contributed by atoms with Crippen LogP contribution in [0.15, 0.2) is 134 Å². The second kappa shape index (κ2) is 21.0. The quantitative estimate of drug-likeness (QED) is 0.0316. The molecule has 0 unspecified atom stereocenters. The summed E-state index contributed by atoms with van der Waals surface area (Å²) >= 11 is 0. The molecule has 0 saturated carbocycles. The molecule has 0 spiro atoms. The first kappa shape index (κ1) is 44.0. The molecule has 0 amide bonds. The summed E-state index contributed by atoms with van der Waals surface area (Å²) in [7, 11) is 3.91. The Bertz CT molecular complexity index is 2130. The molecule has 4 aromatic rings. The number of ether oxygens (including phenoxy) is 4. The molecule has 12 heteroatoms. The minimum absolute atomic E-state index is 0.141. The van der Waals surface area contributed by atoms with Gasteiger partial charge in [-0.05, 0) is 82.9 Å². The van der Waals surface area contributed by atoms with E-state index in [4.69, 9.17) is 18.9 Å². The van der Waals surface area contributed by atoms with Gasteiger partial charge in [-0.15, -0.1) is 0 Å². The monoisotopic (exact) mass is 792 g/mol. The number of nitrogens with zero attached hydrogens (tertiary/aromatic N) is 4. The summed E-state index contributed by atoms with van der Waals surface area (Å²) in [5, 5.41) is 19.0. The number of anilines is 4. The van der Waals surface area contributed by atoms with Crippen LogP contribution in [0, 0.1) is 22.7 Å². The molecule has 4 aromatic carbocycles. The fourth-order valence-electron chi connectivity index (χ4n) is 5.69. The van der Waals surface area contributed by atoms with E-state index in [1.165, 1.54) is 12.2 Å². The van der Waals surface area contributed by atoms with Gasteiger partial charge in [0.2, 0.25) is 0 Å². The summed E-state index contributed by atoms with van der Waals surface area (Å²) in [5.41, 5.74) is 6.63. The number of nitriles is 2. The van der Waals surface area contributed by atoms with Crippen LogP contribution in [0.25, 0.3) is 12.2 Å². The number of hydrogen-bond donors (Lipinski definition) is 0. The molecular weight excluding hydrogens is 749 g/mol. The molecule has 300 valence electrons. The topological polar surface area (TPSA) is 159 Å². The van der Waals surface area contributed by atoms with E-state index in [0.717, 1.165) is 46.0 Å². The molecule has 0 atom stereocenters. The molecule has 4 rings (SSSR count). The lowest BCUT2D eigenvalue weighted by atomic mass is 9.78. The van der Waals surface area contributed by atoms with Crippen molar-refractivity contribution in [3.63, 3.8) is 0 Å². The number of rotatable bonds is 18. The van der Waals surface area contributed by atoms with Gasteiger partial charge in [0.25, 0.3) is 0 Å². The Morgan fingerprint density at radius 3 is 1.12 bits per heavy atom. The first-order valence-corrected chi connectivity index (χ1v) is 18.4. The van der Waals surface area contributed by atoms with E-state index in [-0.39, 0.29) is 43.0 Å². The smallest absolute Gasteiger partial charge is 0.349 e. The standard InChI is InChI=1S/C47H44N4O8/c1-7-43(52)56-25-27-58-45(54)35(31-48)29-33-9-17-39(18-10-33)50(5)41-21-13-37(14-22-41)47(3,4)38-15-23-42(24-16-38)51(6)40-19-11-34(12-20-40)30-36(32-49)46(55)59-28-26-57-44(53)8-2/h7-24,29-30H,1-2,25-28H2,3-6H3/b35-29+,36-30+. The van der Waals surface area contributed by atoms with Gasteiger partial charge in [0.05, 0.1) is 0 Å². The normalized spacial score (nSPS) is 11.2. The number of carbonyl (C=O) groups is 4. The van der Waals surface area contributed by atoms with E-state index in [0.29, 0.717) is 11.1 Å². The second-order valence-electron chi connectivity index (χ2n) is 13.4. The highest BCUT2D eigenvalue weighted by Gasteiger charge is 2.24. The van der Waals surface area contributed by atoms with E-state index in [1.807, 2.05) is 60.3 Å². The summed E-state index contributed by atoms with van der Waals surface area (Å²) in [5.74, 6) is -2.88. The molecule has 0 aliphatic rings. The van der Waals surface area contributed by atoms with Crippen molar-refractivity contribution in [1.82, 2.24) is 0 Å². The lowest BCUT2D eigenvalue weighted by molar-refractivity contribution is -0.146. The molecule has 0 N–H and O–H groups in total. The Morgan fingerprint density at radius 1 is 0.542 bits per heavy atom. The molecule has 0 saturated heterocycles. The highest BCUT2D eigenvalue weighted by atomic mass is 16.6. The van der Waals surface area contributed by atoms with Crippen LogP contribution in [0.4, 0.5) is 22.7 Å². The van der Waals surface area contributed by atoms with E-state index in [2.05, 4.69) is 75.5 Å². The lowest BCUT2D eigenvalue weighted by Crippen LogP contribution is -2.19. The first-order valence-electron chi connectivity index (χ1n) is 18.4. The zero-order chi connectivity index (χ0) is 43.0. The highest BCUT2D eigenvalue weighted by molar-refractivity contribution is 5.98. The average molecular weight is 793 g/mol. The van der Waals surface area contributed by atoms with Gasteiger partial charge in [-0.25, -0.2) is 19.2 Å². The SMILES string of the molecule is C=CC(=O)OCCOC(=O)/C(C#N)=C/c1ccc(N(C)c2ccc(C(C)(C)c3ccc(N(C)c4ccc(/C=C(\C#N)C(=O)OCCOC(=O)C=C)cc4)cc3)cc2)cc1. The fourth-order valence-corrected chi connectivity index (χ4v) is 5.69. The van der Waals surface area contributed by atoms with Gasteiger partial charge in [-0.3, -0.25) is 0 Å². The van der Waals surface area contributed by atoms with Crippen molar-refractivity contribution < 1.29 is 38.1 Å². The van der Waals surface area contributed by atoms with Crippen molar-refractivity contribution in [3.8, 4) is 12.1 Å². The van der Waals surface area contributed by atoms with Crippen LogP contribution in [0.5, 0.6) is 0 Å². The zero-order valence-electron chi connectivity index (χ0n) is 33.3. The average Bonchev–Trinajstić information content (AvgIpc) is 3.27. The molecule has 0 fully saturated rings. The predicted molar refractivity (Wildman–Crippen MR) is 225 cm³/mol. The van der Waals surface area contributed by atoms with Crippen LogP contribution in [0.2, 0.25) is 0 Å². The molecule has 0 aromatic heterocycles. The van der Waals surface area contributed by atoms with Crippen molar-refractivity contribution in [2.24, 2.45) is 0 Å². The van der Waals surface area contributed by atoms with Crippen molar-refractivity contribution in [3.05, 3.63) is 156 Å². The third-order valence-corrected chi connectivity index (χ3v) is 9.27. The number of esters is 4. The molecule has 12 nitrogen and oxygen atoms in total. The summed E-state index contributed by atoms with van der Waals surface area (Å²) in [6.45, 7) is 10.3. The second-order valence-corrected chi connectivity index (χ2v) is 13.4. The molecule has 0 aliphatic heterocycles. The maximum Gasteiger partial charge on any atom is 0.349 e. The van der Waals surface area contributed by atoms with Crippen LogP contribution >= 0.6 is 0 Å².